The van der Waals surface area contributed by atoms with E-state index in [0.717, 1.165) is 11.3 Å². The fourth-order valence-corrected chi connectivity index (χ4v) is 2.71. The SMILES string of the molecule is OC1(c2cc(-c3ccc(-n4cncn4)cc3)no2)CCOCC1. The van der Waals surface area contributed by atoms with Gasteiger partial charge in [0.25, 0.3) is 0 Å². The van der Waals surface area contributed by atoms with Crippen LogP contribution in [0.5, 0.6) is 0 Å². The van der Waals surface area contributed by atoms with Crippen molar-refractivity contribution in [3.05, 3.63) is 48.7 Å². The van der Waals surface area contributed by atoms with Crippen LogP contribution in [0.2, 0.25) is 0 Å². The molecule has 1 aliphatic rings. The Hall–Kier alpha value is -2.51. The van der Waals surface area contributed by atoms with E-state index < -0.39 is 5.60 Å². The Morgan fingerprint density at radius 3 is 2.61 bits per heavy atom. The maximum atomic E-state index is 10.6. The van der Waals surface area contributed by atoms with Gasteiger partial charge in [0, 0.05) is 37.7 Å². The largest absolute Gasteiger partial charge is 0.382 e. The summed E-state index contributed by atoms with van der Waals surface area (Å²) >= 11 is 0. The molecule has 2 aromatic heterocycles. The number of hydrogen-bond donors (Lipinski definition) is 1. The van der Waals surface area contributed by atoms with Gasteiger partial charge in [0.1, 0.15) is 23.9 Å². The first-order valence-corrected chi connectivity index (χ1v) is 7.47. The topological polar surface area (TPSA) is 86.2 Å². The Kier molecular flexibility index (Phi) is 3.44. The van der Waals surface area contributed by atoms with Crippen LogP contribution in [0.3, 0.4) is 0 Å². The smallest absolute Gasteiger partial charge is 0.169 e. The Morgan fingerprint density at radius 1 is 1.13 bits per heavy atom. The molecular formula is C16H16N4O3. The van der Waals surface area contributed by atoms with Gasteiger partial charge in [-0.3, -0.25) is 0 Å². The Morgan fingerprint density at radius 2 is 1.91 bits per heavy atom. The fourth-order valence-electron chi connectivity index (χ4n) is 2.71. The molecule has 1 saturated heterocycles. The lowest BCUT2D eigenvalue weighted by molar-refractivity contribution is -0.0824. The summed E-state index contributed by atoms with van der Waals surface area (Å²) in [5.41, 5.74) is 1.55. The van der Waals surface area contributed by atoms with Gasteiger partial charge in [0.15, 0.2) is 5.76 Å². The van der Waals surface area contributed by atoms with Crippen LogP contribution in [0.25, 0.3) is 16.9 Å². The quantitative estimate of drug-likeness (QED) is 0.795. The molecule has 0 spiro atoms. The van der Waals surface area contributed by atoms with E-state index in [1.54, 1.807) is 17.1 Å². The van der Waals surface area contributed by atoms with Gasteiger partial charge >= 0.3 is 0 Å². The molecule has 1 aromatic carbocycles. The highest BCUT2D eigenvalue weighted by Gasteiger charge is 2.35. The fraction of sp³-hybridized carbons (Fsp3) is 0.312. The molecule has 0 atom stereocenters. The van der Waals surface area contributed by atoms with E-state index in [4.69, 9.17) is 9.26 Å². The third-order valence-electron chi connectivity index (χ3n) is 4.14. The molecule has 118 valence electrons. The number of ether oxygens (including phenoxy) is 1. The normalized spacial score (nSPS) is 17.3. The lowest BCUT2D eigenvalue weighted by atomic mass is 9.91. The summed E-state index contributed by atoms with van der Waals surface area (Å²) in [6.07, 6.45) is 4.18. The van der Waals surface area contributed by atoms with Crippen molar-refractivity contribution in [1.82, 2.24) is 19.9 Å². The second-order valence-corrected chi connectivity index (χ2v) is 5.61. The lowest BCUT2D eigenvalue weighted by Crippen LogP contribution is -2.32. The molecule has 0 radical (unpaired) electrons. The molecule has 0 amide bonds. The van der Waals surface area contributed by atoms with Crippen LogP contribution in [-0.4, -0.2) is 38.2 Å². The average molecular weight is 312 g/mol. The van der Waals surface area contributed by atoms with Crippen molar-refractivity contribution in [3.8, 4) is 16.9 Å². The molecule has 1 fully saturated rings. The van der Waals surface area contributed by atoms with E-state index in [1.165, 1.54) is 6.33 Å². The number of aromatic nitrogens is 4. The van der Waals surface area contributed by atoms with Crippen molar-refractivity contribution in [1.29, 1.82) is 0 Å². The zero-order chi connectivity index (χ0) is 15.7. The first-order valence-electron chi connectivity index (χ1n) is 7.47. The van der Waals surface area contributed by atoms with E-state index in [-0.39, 0.29) is 0 Å². The minimum Gasteiger partial charge on any atom is -0.382 e. The summed E-state index contributed by atoms with van der Waals surface area (Å²) < 4.78 is 12.4. The molecule has 4 rings (SSSR count). The van der Waals surface area contributed by atoms with Crippen LogP contribution in [0.15, 0.2) is 47.5 Å². The second-order valence-electron chi connectivity index (χ2n) is 5.61. The van der Waals surface area contributed by atoms with Gasteiger partial charge in [-0.1, -0.05) is 17.3 Å². The summed E-state index contributed by atoms with van der Waals surface area (Å²) in [5, 5.41) is 18.8. The van der Waals surface area contributed by atoms with Crippen molar-refractivity contribution in [2.24, 2.45) is 0 Å². The van der Waals surface area contributed by atoms with Gasteiger partial charge in [0.2, 0.25) is 0 Å². The van der Waals surface area contributed by atoms with Crippen molar-refractivity contribution in [2.45, 2.75) is 18.4 Å². The highest BCUT2D eigenvalue weighted by molar-refractivity contribution is 5.60. The summed E-state index contributed by atoms with van der Waals surface area (Å²) in [6, 6.07) is 9.54. The van der Waals surface area contributed by atoms with Gasteiger partial charge in [-0.15, -0.1) is 0 Å². The molecule has 3 aromatic rings. The average Bonchev–Trinajstić information content (AvgIpc) is 3.28. The minimum absolute atomic E-state index is 0.496. The number of aliphatic hydroxyl groups is 1. The molecule has 7 nitrogen and oxygen atoms in total. The van der Waals surface area contributed by atoms with E-state index in [2.05, 4.69) is 15.2 Å². The third kappa shape index (κ3) is 2.64. The molecular weight excluding hydrogens is 296 g/mol. The molecule has 0 unspecified atom stereocenters. The molecule has 7 heteroatoms. The predicted octanol–water partition coefficient (Wildman–Crippen LogP) is 1.92. The van der Waals surface area contributed by atoms with Crippen LogP contribution in [0.4, 0.5) is 0 Å². The summed E-state index contributed by atoms with van der Waals surface area (Å²) in [6.45, 7) is 1.05. The van der Waals surface area contributed by atoms with E-state index in [1.807, 2.05) is 24.3 Å². The van der Waals surface area contributed by atoms with Crippen LogP contribution in [0, 0.1) is 0 Å². The Labute approximate surface area is 132 Å². The molecule has 23 heavy (non-hydrogen) atoms. The third-order valence-corrected chi connectivity index (χ3v) is 4.14. The zero-order valence-electron chi connectivity index (χ0n) is 12.4. The Bertz CT molecular complexity index is 774. The molecule has 3 heterocycles. The molecule has 1 N–H and O–H groups in total. The summed E-state index contributed by atoms with van der Waals surface area (Å²) in [4.78, 5) is 3.93. The highest BCUT2D eigenvalue weighted by Crippen LogP contribution is 2.34. The van der Waals surface area contributed by atoms with Crippen LogP contribution in [0.1, 0.15) is 18.6 Å². The van der Waals surface area contributed by atoms with Crippen molar-refractivity contribution in [2.75, 3.05) is 13.2 Å². The van der Waals surface area contributed by atoms with Gasteiger partial charge in [-0.05, 0) is 12.1 Å². The molecule has 0 bridgehead atoms. The maximum Gasteiger partial charge on any atom is 0.169 e. The maximum absolute atomic E-state index is 10.6. The summed E-state index contributed by atoms with van der Waals surface area (Å²) in [7, 11) is 0. The number of hydrogen-bond acceptors (Lipinski definition) is 6. The molecule has 1 aliphatic heterocycles. The standard InChI is InChI=1S/C16H16N4O3/c21-16(5-7-22-8-6-16)15-9-14(19-23-15)12-1-3-13(4-2-12)20-11-17-10-18-20/h1-4,9-11,21H,5-8H2. The molecule has 0 saturated carbocycles. The van der Waals surface area contributed by atoms with Crippen molar-refractivity contribution < 1.29 is 14.4 Å². The van der Waals surface area contributed by atoms with Gasteiger partial charge in [0.05, 0.1) is 5.69 Å². The van der Waals surface area contributed by atoms with E-state index in [0.29, 0.717) is 37.5 Å². The monoisotopic (exact) mass is 312 g/mol. The van der Waals surface area contributed by atoms with Crippen LogP contribution >= 0.6 is 0 Å². The minimum atomic E-state index is -0.982. The van der Waals surface area contributed by atoms with E-state index >= 15 is 0 Å². The summed E-state index contributed by atoms with van der Waals surface area (Å²) in [5.74, 6) is 0.496. The predicted molar refractivity (Wildman–Crippen MR) is 80.8 cm³/mol. The van der Waals surface area contributed by atoms with E-state index in [9.17, 15) is 5.11 Å². The van der Waals surface area contributed by atoms with Crippen molar-refractivity contribution >= 4 is 0 Å². The van der Waals surface area contributed by atoms with Gasteiger partial charge in [-0.25, -0.2) is 9.67 Å². The van der Waals surface area contributed by atoms with Crippen molar-refractivity contribution in [3.63, 3.8) is 0 Å². The van der Waals surface area contributed by atoms with Gasteiger partial charge in [-0.2, -0.15) is 5.10 Å². The number of nitrogens with zero attached hydrogens (tertiary/aromatic N) is 4. The lowest BCUT2D eigenvalue weighted by Gasteiger charge is -2.29. The first kappa shape index (κ1) is 14.1. The van der Waals surface area contributed by atoms with Gasteiger partial charge < -0.3 is 14.4 Å². The zero-order valence-corrected chi connectivity index (χ0v) is 12.4. The highest BCUT2D eigenvalue weighted by atomic mass is 16.5. The number of rotatable bonds is 3. The first-order chi connectivity index (χ1) is 11.2. The molecule has 0 aliphatic carbocycles. The Balaban J connectivity index is 1.59. The second kappa shape index (κ2) is 5.60. The number of benzene rings is 1. The van der Waals surface area contributed by atoms with Crippen LogP contribution in [-0.2, 0) is 10.3 Å². The van der Waals surface area contributed by atoms with Crippen LogP contribution < -0.4 is 0 Å².